The zero-order valence-electron chi connectivity index (χ0n) is 11.6. The monoisotopic (exact) mass is 258 g/mol. The molecule has 0 aromatic heterocycles. The van der Waals surface area contributed by atoms with Crippen LogP contribution in [0.25, 0.3) is 0 Å². The lowest BCUT2D eigenvalue weighted by Crippen LogP contribution is -2.17. The lowest BCUT2D eigenvalue weighted by molar-refractivity contribution is 0.630. The van der Waals surface area contributed by atoms with Crippen molar-refractivity contribution in [2.45, 2.75) is 20.4 Å². The summed E-state index contributed by atoms with van der Waals surface area (Å²) in [5.41, 5.74) is 10.2. The maximum Gasteiger partial charge on any atom is 0.146 e. The van der Waals surface area contributed by atoms with Crippen LogP contribution in [0.5, 0.6) is 0 Å². The maximum absolute atomic E-state index is 13.4. The number of aryl methyl sites for hydroxylation is 2. The molecule has 3 heteroatoms. The number of nitrogen functional groups attached to an aromatic ring is 1. The Morgan fingerprint density at radius 2 is 1.84 bits per heavy atom. The van der Waals surface area contributed by atoms with Crippen LogP contribution in [0, 0.1) is 19.7 Å². The van der Waals surface area contributed by atoms with Crippen LogP contribution in [0.3, 0.4) is 0 Å². The van der Waals surface area contributed by atoms with E-state index in [-0.39, 0.29) is 11.5 Å². The van der Waals surface area contributed by atoms with Gasteiger partial charge in [0.1, 0.15) is 5.82 Å². The molecule has 0 aliphatic heterocycles. The first-order valence-corrected chi connectivity index (χ1v) is 6.29. The Bertz CT molecular complexity index is 593. The summed E-state index contributed by atoms with van der Waals surface area (Å²) in [6.07, 6.45) is 0. The highest BCUT2D eigenvalue weighted by atomic mass is 19.1. The van der Waals surface area contributed by atoms with E-state index in [0.29, 0.717) is 6.54 Å². The van der Waals surface area contributed by atoms with Gasteiger partial charge in [0.15, 0.2) is 0 Å². The standard InChI is InChI=1S/C16H19FN2/c1-11-4-7-16(12(2)8-11)19(3)10-13-5-6-15(18)14(17)9-13/h4-9H,10,18H2,1-3H3. The van der Waals surface area contributed by atoms with Crippen LogP contribution < -0.4 is 10.6 Å². The summed E-state index contributed by atoms with van der Waals surface area (Å²) >= 11 is 0. The molecule has 0 bridgehead atoms. The number of hydrogen-bond acceptors (Lipinski definition) is 2. The van der Waals surface area contributed by atoms with E-state index >= 15 is 0 Å². The van der Waals surface area contributed by atoms with Crippen LogP contribution in [0.1, 0.15) is 16.7 Å². The molecule has 100 valence electrons. The van der Waals surface area contributed by atoms with Crippen LogP contribution in [0.2, 0.25) is 0 Å². The number of benzene rings is 2. The number of anilines is 2. The summed E-state index contributed by atoms with van der Waals surface area (Å²) in [6.45, 7) is 4.82. The summed E-state index contributed by atoms with van der Waals surface area (Å²) in [4.78, 5) is 2.11. The predicted molar refractivity (Wildman–Crippen MR) is 78.8 cm³/mol. The second-order valence-corrected chi connectivity index (χ2v) is 5.00. The third kappa shape index (κ3) is 3.05. The average molecular weight is 258 g/mol. The molecule has 0 heterocycles. The molecule has 0 aliphatic rings. The molecule has 2 N–H and O–H groups in total. The molecule has 2 aromatic carbocycles. The zero-order chi connectivity index (χ0) is 14.0. The van der Waals surface area contributed by atoms with Crippen molar-refractivity contribution in [3.63, 3.8) is 0 Å². The fraction of sp³-hybridized carbons (Fsp3) is 0.250. The maximum atomic E-state index is 13.4. The van der Waals surface area contributed by atoms with E-state index in [2.05, 4.69) is 36.9 Å². The first-order valence-electron chi connectivity index (χ1n) is 6.29. The molecule has 0 unspecified atom stereocenters. The SMILES string of the molecule is Cc1ccc(N(C)Cc2ccc(N)c(F)c2)c(C)c1. The minimum absolute atomic E-state index is 0.193. The molecule has 0 saturated heterocycles. The van der Waals surface area contributed by atoms with E-state index < -0.39 is 0 Å². The highest BCUT2D eigenvalue weighted by molar-refractivity contribution is 5.54. The Kier molecular flexibility index (Phi) is 3.74. The van der Waals surface area contributed by atoms with Crippen LogP contribution in [0.4, 0.5) is 15.8 Å². The van der Waals surface area contributed by atoms with Crippen molar-refractivity contribution in [3.8, 4) is 0 Å². The van der Waals surface area contributed by atoms with Gasteiger partial charge in [0, 0.05) is 19.3 Å². The quantitative estimate of drug-likeness (QED) is 0.851. The lowest BCUT2D eigenvalue weighted by Gasteiger charge is -2.22. The van der Waals surface area contributed by atoms with E-state index in [1.165, 1.54) is 17.2 Å². The second kappa shape index (κ2) is 5.31. The van der Waals surface area contributed by atoms with Gasteiger partial charge in [0.05, 0.1) is 5.69 Å². The molecule has 0 spiro atoms. The minimum atomic E-state index is -0.355. The Morgan fingerprint density at radius 3 is 2.47 bits per heavy atom. The molecule has 0 saturated carbocycles. The van der Waals surface area contributed by atoms with Crippen LogP contribution in [-0.2, 0) is 6.54 Å². The van der Waals surface area contributed by atoms with Crippen molar-refractivity contribution < 1.29 is 4.39 Å². The van der Waals surface area contributed by atoms with E-state index in [9.17, 15) is 4.39 Å². The van der Waals surface area contributed by atoms with Gasteiger partial charge in [-0.25, -0.2) is 4.39 Å². The summed E-state index contributed by atoms with van der Waals surface area (Å²) in [6, 6.07) is 11.3. The number of hydrogen-bond donors (Lipinski definition) is 1. The van der Waals surface area contributed by atoms with Crippen molar-refractivity contribution in [1.29, 1.82) is 0 Å². The third-order valence-corrected chi connectivity index (χ3v) is 3.25. The van der Waals surface area contributed by atoms with Gasteiger partial charge in [-0.1, -0.05) is 23.8 Å². The summed E-state index contributed by atoms with van der Waals surface area (Å²) in [5, 5.41) is 0. The molecule has 2 nitrogen and oxygen atoms in total. The first kappa shape index (κ1) is 13.4. The van der Waals surface area contributed by atoms with Gasteiger partial charge >= 0.3 is 0 Å². The van der Waals surface area contributed by atoms with Crippen molar-refractivity contribution in [1.82, 2.24) is 0 Å². The van der Waals surface area contributed by atoms with Gasteiger partial charge in [-0.2, -0.15) is 0 Å². The smallest absolute Gasteiger partial charge is 0.146 e. The molecule has 19 heavy (non-hydrogen) atoms. The Balaban J connectivity index is 2.20. The van der Waals surface area contributed by atoms with Crippen LogP contribution in [0.15, 0.2) is 36.4 Å². The molecule has 0 amide bonds. The fourth-order valence-electron chi connectivity index (χ4n) is 2.26. The Hall–Kier alpha value is -2.03. The van der Waals surface area contributed by atoms with Gasteiger partial charge in [-0.3, -0.25) is 0 Å². The summed E-state index contributed by atoms with van der Waals surface area (Å²) < 4.78 is 13.4. The molecule has 0 fully saturated rings. The van der Waals surface area contributed by atoms with Crippen molar-refractivity contribution in [3.05, 3.63) is 58.9 Å². The minimum Gasteiger partial charge on any atom is -0.396 e. The van der Waals surface area contributed by atoms with E-state index in [1.807, 2.05) is 13.1 Å². The molecular formula is C16H19FN2. The van der Waals surface area contributed by atoms with Gasteiger partial charge < -0.3 is 10.6 Å². The third-order valence-electron chi connectivity index (χ3n) is 3.25. The Labute approximate surface area is 113 Å². The van der Waals surface area contributed by atoms with Crippen molar-refractivity contribution in [2.75, 3.05) is 17.7 Å². The van der Waals surface area contributed by atoms with Gasteiger partial charge in [-0.15, -0.1) is 0 Å². The first-order chi connectivity index (χ1) is 8.97. The largest absolute Gasteiger partial charge is 0.396 e. The molecular weight excluding hydrogens is 239 g/mol. The number of halogens is 1. The number of nitrogens with two attached hydrogens (primary N) is 1. The molecule has 0 atom stereocenters. The molecule has 2 rings (SSSR count). The highest BCUT2D eigenvalue weighted by Gasteiger charge is 2.07. The predicted octanol–water partition coefficient (Wildman–Crippen LogP) is 3.66. The summed E-state index contributed by atoms with van der Waals surface area (Å²) in [7, 11) is 2.01. The van der Waals surface area contributed by atoms with E-state index in [0.717, 1.165) is 11.3 Å². The van der Waals surface area contributed by atoms with Gasteiger partial charge in [0.2, 0.25) is 0 Å². The van der Waals surface area contributed by atoms with Crippen LogP contribution >= 0.6 is 0 Å². The normalized spacial score (nSPS) is 10.5. The van der Waals surface area contributed by atoms with Gasteiger partial charge in [-0.05, 0) is 43.2 Å². The summed E-state index contributed by atoms with van der Waals surface area (Å²) in [5.74, 6) is -0.355. The highest BCUT2D eigenvalue weighted by Crippen LogP contribution is 2.22. The van der Waals surface area contributed by atoms with E-state index in [1.54, 1.807) is 6.07 Å². The Morgan fingerprint density at radius 1 is 1.11 bits per heavy atom. The van der Waals surface area contributed by atoms with Crippen molar-refractivity contribution in [2.24, 2.45) is 0 Å². The fourth-order valence-corrected chi connectivity index (χ4v) is 2.26. The molecule has 0 aliphatic carbocycles. The number of nitrogens with zero attached hydrogens (tertiary/aromatic N) is 1. The lowest BCUT2D eigenvalue weighted by atomic mass is 10.1. The number of rotatable bonds is 3. The van der Waals surface area contributed by atoms with Crippen LogP contribution in [-0.4, -0.2) is 7.05 Å². The topological polar surface area (TPSA) is 29.3 Å². The zero-order valence-corrected chi connectivity index (χ0v) is 11.6. The average Bonchev–Trinajstić information content (AvgIpc) is 2.33. The second-order valence-electron chi connectivity index (χ2n) is 5.00. The van der Waals surface area contributed by atoms with Crippen molar-refractivity contribution >= 4 is 11.4 Å². The van der Waals surface area contributed by atoms with E-state index in [4.69, 9.17) is 5.73 Å². The molecule has 2 aromatic rings. The molecule has 0 radical (unpaired) electrons. The van der Waals surface area contributed by atoms with Gasteiger partial charge in [0.25, 0.3) is 0 Å².